The number of fused-ring (bicyclic) bond motifs is 3. The number of aryl methyl sites for hydroxylation is 3. The van der Waals surface area contributed by atoms with Gasteiger partial charge in [0.15, 0.2) is 0 Å². The Labute approximate surface area is 166 Å². The molecule has 4 rings (SSSR count). The Morgan fingerprint density at radius 3 is 2.89 bits per heavy atom. The fourth-order valence-corrected chi connectivity index (χ4v) is 4.94. The third kappa shape index (κ3) is 3.58. The molecule has 0 N–H and O–H groups in total. The predicted molar refractivity (Wildman–Crippen MR) is 108 cm³/mol. The van der Waals surface area contributed by atoms with Crippen molar-refractivity contribution < 1.29 is 9.18 Å². The molecule has 1 aliphatic carbocycles. The summed E-state index contributed by atoms with van der Waals surface area (Å²) in [5.74, 6) is -0.460. The number of amides is 1. The highest BCUT2D eigenvalue weighted by Crippen LogP contribution is 2.33. The monoisotopic (exact) mass is 399 g/mol. The average molecular weight is 399 g/mol. The molecule has 1 amide bonds. The minimum atomic E-state index is -0.324. The maximum atomic E-state index is 13.8. The number of benzene rings is 1. The molecular weight excluding hydrogens is 377 g/mol. The summed E-state index contributed by atoms with van der Waals surface area (Å²) >= 11 is 1.62. The van der Waals surface area contributed by atoms with Crippen molar-refractivity contribution in [1.29, 1.82) is 0 Å². The number of nitrogens with zero attached hydrogens (tertiary/aromatic N) is 3. The van der Waals surface area contributed by atoms with Gasteiger partial charge in [-0.25, -0.2) is 9.37 Å². The zero-order valence-electron chi connectivity index (χ0n) is 15.8. The summed E-state index contributed by atoms with van der Waals surface area (Å²) < 4.78 is 15.3. The number of hydrogen-bond acceptors (Lipinski definition) is 4. The third-order valence-corrected chi connectivity index (χ3v) is 6.50. The van der Waals surface area contributed by atoms with Crippen molar-refractivity contribution in [2.24, 2.45) is 0 Å². The molecule has 0 saturated carbocycles. The second-order valence-electron chi connectivity index (χ2n) is 7.23. The summed E-state index contributed by atoms with van der Waals surface area (Å²) in [6.07, 6.45) is 5.93. The lowest BCUT2D eigenvalue weighted by atomic mass is 9.97. The van der Waals surface area contributed by atoms with E-state index in [2.05, 4.69) is 4.98 Å². The molecule has 0 spiro atoms. The second-order valence-corrected chi connectivity index (χ2v) is 8.31. The second kappa shape index (κ2) is 7.83. The van der Waals surface area contributed by atoms with Crippen molar-refractivity contribution >= 4 is 27.5 Å². The van der Waals surface area contributed by atoms with Gasteiger partial charge < -0.3 is 4.90 Å². The van der Waals surface area contributed by atoms with Crippen LogP contribution in [0.3, 0.4) is 0 Å². The molecule has 5 nitrogen and oxygen atoms in total. The topological polar surface area (TPSA) is 55.2 Å². The van der Waals surface area contributed by atoms with Crippen LogP contribution in [-0.2, 0) is 30.7 Å². The molecule has 0 atom stereocenters. The number of rotatable bonds is 5. The molecule has 0 bridgehead atoms. The van der Waals surface area contributed by atoms with E-state index in [0.717, 1.165) is 41.5 Å². The minimum Gasteiger partial charge on any atom is -0.341 e. The molecule has 146 valence electrons. The maximum Gasteiger partial charge on any atom is 0.262 e. The third-order valence-electron chi connectivity index (χ3n) is 5.30. The smallest absolute Gasteiger partial charge is 0.262 e. The van der Waals surface area contributed by atoms with Crippen molar-refractivity contribution in [3.8, 4) is 0 Å². The normalized spacial score (nSPS) is 13.5. The van der Waals surface area contributed by atoms with Gasteiger partial charge in [-0.3, -0.25) is 14.2 Å². The molecule has 0 fully saturated rings. The lowest BCUT2D eigenvalue weighted by Crippen LogP contribution is -2.29. The molecule has 28 heavy (non-hydrogen) atoms. The molecule has 7 heteroatoms. The molecule has 0 unspecified atom stereocenters. The molecule has 0 radical (unpaired) electrons. The highest BCUT2D eigenvalue weighted by Gasteiger charge is 2.20. The Bertz CT molecular complexity index is 1090. The number of aromatic nitrogens is 2. The van der Waals surface area contributed by atoms with Crippen LogP contribution in [0.25, 0.3) is 10.2 Å². The quantitative estimate of drug-likeness (QED) is 0.660. The van der Waals surface area contributed by atoms with Crippen LogP contribution in [-0.4, -0.2) is 27.4 Å². The highest BCUT2D eigenvalue weighted by molar-refractivity contribution is 7.18. The van der Waals surface area contributed by atoms with Crippen LogP contribution in [0.15, 0.2) is 35.4 Å². The molecule has 2 aromatic heterocycles. The molecular formula is C21H22FN3O2S. The number of carbonyl (C=O) groups is 1. The summed E-state index contributed by atoms with van der Waals surface area (Å²) in [6.45, 7) is 0.475. The Hall–Kier alpha value is -2.54. The van der Waals surface area contributed by atoms with Gasteiger partial charge in [-0.15, -0.1) is 11.3 Å². The fraction of sp³-hybridized carbons (Fsp3) is 0.381. The van der Waals surface area contributed by atoms with Gasteiger partial charge >= 0.3 is 0 Å². The number of thiophene rings is 1. The first-order valence-electron chi connectivity index (χ1n) is 9.51. The first kappa shape index (κ1) is 18.8. The maximum absolute atomic E-state index is 13.8. The fourth-order valence-electron chi connectivity index (χ4n) is 3.72. The van der Waals surface area contributed by atoms with E-state index in [-0.39, 0.29) is 36.8 Å². The predicted octanol–water partition coefficient (Wildman–Crippen LogP) is 3.52. The minimum absolute atomic E-state index is 0.0612. The van der Waals surface area contributed by atoms with Gasteiger partial charge in [0.2, 0.25) is 5.91 Å². The van der Waals surface area contributed by atoms with Gasteiger partial charge in [-0.1, -0.05) is 18.2 Å². The summed E-state index contributed by atoms with van der Waals surface area (Å²) in [4.78, 5) is 33.4. The van der Waals surface area contributed by atoms with Crippen LogP contribution in [0, 0.1) is 5.82 Å². The SMILES string of the molecule is CN(Cc1ccccc1F)C(=O)CCn1cnc2sc3c(c2c1=O)CCCC3. The van der Waals surface area contributed by atoms with Crippen LogP contribution < -0.4 is 5.56 Å². The zero-order chi connectivity index (χ0) is 19.7. The van der Waals surface area contributed by atoms with Crippen LogP contribution >= 0.6 is 11.3 Å². The van der Waals surface area contributed by atoms with Crippen LogP contribution in [0.4, 0.5) is 4.39 Å². The summed E-state index contributed by atoms with van der Waals surface area (Å²) in [5.41, 5.74) is 1.57. The Morgan fingerprint density at radius 2 is 2.07 bits per heavy atom. The van der Waals surface area contributed by atoms with Crippen LogP contribution in [0.2, 0.25) is 0 Å². The first-order valence-corrected chi connectivity index (χ1v) is 10.3. The number of hydrogen-bond donors (Lipinski definition) is 0. The summed E-state index contributed by atoms with van der Waals surface area (Å²) in [7, 11) is 1.65. The van der Waals surface area contributed by atoms with Gasteiger partial charge in [0.1, 0.15) is 10.6 Å². The Balaban J connectivity index is 1.48. The molecule has 0 aliphatic heterocycles. The van der Waals surface area contributed by atoms with Gasteiger partial charge in [-0.2, -0.15) is 0 Å². The van der Waals surface area contributed by atoms with E-state index in [1.807, 2.05) is 0 Å². The summed E-state index contributed by atoms with van der Waals surface area (Å²) in [5, 5.41) is 0.731. The zero-order valence-corrected chi connectivity index (χ0v) is 16.6. The Morgan fingerprint density at radius 1 is 1.29 bits per heavy atom. The molecule has 1 aliphatic rings. The van der Waals surface area contributed by atoms with E-state index in [0.29, 0.717) is 5.56 Å². The molecule has 3 aromatic rings. The van der Waals surface area contributed by atoms with E-state index >= 15 is 0 Å². The first-order chi connectivity index (χ1) is 13.5. The summed E-state index contributed by atoms with van der Waals surface area (Å²) in [6, 6.07) is 6.43. The van der Waals surface area contributed by atoms with Crippen molar-refractivity contribution in [3.05, 3.63) is 62.8 Å². The lowest BCUT2D eigenvalue weighted by molar-refractivity contribution is -0.130. The largest absolute Gasteiger partial charge is 0.341 e. The van der Waals surface area contributed by atoms with E-state index in [4.69, 9.17) is 0 Å². The van der Waals surface area contributed by atoms with Crippen molar-refractivity contribution in [2.45, 2.75) is 45.2 Å². The van der Waals surface area contributed by atoms with E-state index in [1.165, 1.54) is 26.7 Å². The van der Waals surface area contributed by atoms with Gasteiger partial charge in [0.05, 0.1) is 11.7 Å². The van der Waals surface area contributed by atoms with Crippen molar-refractivity contribution in [2.75, 3.05) is 7.05 Å². The molecule has 0 saturated heterocycles. The number of carbonyl (C=O) groups excluding carboxylic acids is 1. The molecule has 2 heterocycles. The number of halogens is 1. The standard InChI is InChI=1S/C21H22FN3O2S/c1-24(12-14-6-2-4-8-16(14)22)18(26)10-11-25-13-23-20-19(21(25)27)15-7-3-5-9-17(15)28-20/h2,4,6,8,13H,3,5,7,9-12H2,1H3. The van der Waals surface area contributed by atoms with Gasteiger partial charge in [0.25, 0.3) is 5.56 Å². The average Bonchev–Trinajstić information content (AvgIpc) is 3.08. The van der Waals surface area contributed by atoms with E-state index in [1.54, 1.807) is 36.6 Å². The van der Waals surface area contributed by atoms with Gasteiger partial charge in [-0.05, 0) is 37.3 Å². The Kier molecular flexibility index (Phi) is 5.26. The highest BCUT2D eigenvalue weighted by atomic mass is 32.1. The van der Waals surface area contributed by atoms with Crippen molar-refractivity contribution in [1.82, 2.24) is 14.5 Å². The van der Waals surface area contributed by atoms with E-state index < -0.39 is 0 Å². The molecule has 1 aromatic carbocycles. The van der Waals surface area contributed by atoms with Crippen molar-refractivity contribution in [3.63, 3.8) is 0 Å². The van der Waals surface area contributed by atoms with E-state index in [9.17, 15) is 14.0 Å². The van der Waals surface area contributed by atoms with Crippen LogP contribution in [0.1, 0.15) is 35.3 Å². The van der Waals surface area contributed by atoms with Gasteiger partial charge in [0, 0.05) is 37.0 Å². The lowest BCUT2D eigenvalue weighted by Gasteiger charge is -2.18. The van der Waals surface area contributed by atoms with Crippen LogP contribution in [0.5, 0.6) is 0 Å².